The highest BCUT2D eigenvalue weighted by atomic mass is 32.2. The minimum atomic E-state index is -1.05. The number of aliphatic imine (C=N–C) groups is 1. The van der Waals surface area contributed by atoms with Crippen LogP contribution in [0.25, 0.3) is 11.9 Å². The van der Waals surface area contributed by atoms with Crippen LogP contribution < -0.4 is 5.73 Å². The number of nitrogens with zero attached hydrogens (tertiary/aromatic N) is 4. The zero-order valence-electron chi connectivity index (χ0n) is 20.2. The molecule has 1 amide bonds. The molecule has 2 aromatic rings. The molecule has 3 atom stereocenters. The number of amidine groups is 1. The SMILES string of the molecule is CC1CCN(C(=O)[C@]23C[C@H]2[C@@](C)(c2cc(C=C(F)c4ccc(C#N)cn4)ccc2F)N=C(N)S3)CC1. The quantitative estimate of drug-likeness (QED) is 0.638. The summed E-state index contributed by atoms with van der Waals surface area (Å²) in [5.74, 6) is -0.646. The lowest BCUT2D eigenvalue weighted by atomic mass is 9.84. The smallest absolute Gasteiger partial charge is 0.239 e. The summed E-state index contributed by atoms with van der Waals surface area (Å²) >= 11 is 1.29. The van der Waals surface area contributed by atoms with E-state index in [1.54, 1.807) is 6.07 Å². The normalized spacial score (nSPS) is 28.2. The summed E-state index contributed by atoms with van der Waals surface area (Å²) in [6.45, 7) is 5.45. The minimum absolute atomic E-state index is 0.0582. The van der Waals surface area contributed by atoms with Crippen LogP contribution in [0.5, 0.6) is 0 Å². The Balaban J connectivity index is 1.45. The fraction of sp³-hybridized carbons (Fsp3) is 0.407. The second kappa shape index (κ2) is 9.00. The first-order valence-electron chi connectivity index (χ1n) is 12.0. The highest BCUT2D eigenvalue weighted by Crippen LogP contribution is 2.66. The summed E-state index contributed by atoms with van der Waals surface area (Å²) in [7, 11) is 0. The number of benzene rings is 1. The van der Waals surface area contributed by atoms with Crippen molar-refractivity contribution in [1.82, 2.24) is 9.88 Å². The van der Waals surface area contributed by atoms with E-state index in [2.05, 4.69) is 16.9 Å². The van der Waals surface area contributed by atoms with Crippen molar-refractivity contribution >= 4 is 34.7 Å². The van der Waals surface area contributed by atoms with Gasteiger partial charge in [-0.15, -0.1) is 0 Å². The highest BCUT2D eigenvalue weighted by Gasteiger charge is 2.71. The van der Waals surface area contributed by atoms with Crippen LogP contribution in [0.4, 0.5) is 8.78 Å². The maximum atomic E-state index is 15.2. The monoisotopic (exact) mass is 507 g/mol. The van der Waals surface area contributed by atoms with Gasteiger partial charge in [-0.3, -0.25) is 14.8 Å². The summed E-state index contributed by atoms with van der Waals surface area (Å²) in [5, 5.41) is 9.17. The number of nitrogens with two attached hydrogens (primary N) is 1. The topological polar surface area (TPSA) is 95.4 Å². The molecule has 3 aliphatic rings. The molecule has 0 unspecified atom stereocenters. The van der Waals surface area contributed by atoms with Crippen LogP contribution in [0.15, 0.2) is 41.5 Å². The molecule has 0 spiro atoms. The highest BCUT2D eigenvalue weighted by molar-refractivity contribution is 8.15. The Kier molecular flexibility index (Phi) is 6.11. The standard InChI is InChI=1S/C27H27F2N5OS/c1-16-7-9-34(10-8-16)24(35)27-13-23(27)26(2,33-25(31)36-27)19-11-17(3-5-20(19)28)12-21(29)22-6-4-18(14-30)15-32-22/h3-6,11-12,15-16,23H,7-10,13H2,1-2H3,(H2,31,33)/t23-,26+,27-/m0/s1. The first-order valence-corrected chi connectivity index (χ1v) is 12.9. The number of carbonyl (C=O) groups is 1. The number of thioether (sulfide) groups is 1. The van der Waals surface area contributed by atoms with Gasteiger partial charge in [-0.1, -0.05) is 24.8 Å². The molecule has 1 aromatic carbocycles. The molecular weight excluding hydrogens is 480 g/mol. The van der Waals surface area contributed by atoms with Gasteiger partial charge < -0.3 is 10.6 Å². The molecule has 36 heavy (non-hydrogen) atoms. The van der Waals surface area contributed by atoms with Gasteiger partial charge in [0.25, 0.3) is 0 Å². The molecule has 2 fully saturated rings. The molecule has 0 bridgehead atoms. The average Bonchev–Trinajstić information content (AvgIpc) is 3.62. The van der Waals surface area contributed by atoms with Gasteiger partial charge in [0.15, 0.2) is 5.17 Å². The van der Waals surface area contributed by atoms with Crippen molar-refractivity contribution in [2.24, 2.45) is 22.6 Å². The lowest BCUT2D eigenvalue weighted by molar-refractivity contribution is -0.133. The van der Waals surface area contributed by atoms with Crippen LogP contribution in [0.1, 0.15) is 55.5 Å². The molecule has 3 heterocycles. The predicted octanol–water partition coefficient (Wildman–Crippen LogP) is 4.85. The number of pyridine rings is 1. The van der Waals surface area contributed by atoms with Gasteiger partial charge in [-0.05, 0) is 68.0 Å². The third kappa shape index (κ3) is 4.17. The number of hydrogen-bond donors (Lipinski definition) is 1. The number of halogens is 2. The fourth-order valence-corrected chi connectivity index (χ4v) is 6.82. The molecule has 0 radical (unpaired) electrons. The summed E-state index contributed by atoms with van der Waals surface area (Å²) in [6.07, 6.45) is 5.07. The summed E-state index contributed by atoms with van der Waals surface area (Å²) in [5.41, 5.74) is 6.30. The van der Waals surface area contributed by atoms with Gasteiger partial charge in [-0.25, -0.2) is 8.78 Å². The Morgan fingerprint density at radius 1 is 1.31 bits per heavy atom. The number of carbonyl (C=O) groups excluding carboxylic acids is 1. The maximum absolute atomic E-state index is 15.2. The Morgan fingerprint density at radius 2 is 2.06 bits per heavy atom. The lowest BCUT2D eigenvalue weighted by Crippen LogP contribution is -2.48. The van der Waals surface area contributed by atoms with Gasteiger partial charge in [0.05, 0.1) is 16.8 Å². The summed E-state index contributed by atoms with van der Waals surface area (Å²) in [4.78, 5) is 24.1. The fourth-order valence-electron chi connectivity index (χ4n) is 5.38. The number of nitriles is 1. The van der Waals surface area contributed by atoms with E-state index in [9.17, 15) is 9.18 Å². The second-order valence-electron chi connectivity index (χ2n) is 10.1. The number of hydrogen-bond acceptors (Lipinski definition) is 6. The molecule has 2 aliphatic heterocycles. The second-order valence-corrected chi connectivity index (χ2v) is 11.4. The van der Waals surface area contributed by atoms with Gasteiger partial charge in [-0.2, -0.15) is 5.26 Å². The van der Waals surface area contributed by atoms with E-state index in [0.717, 1.165) is 25.9 Å². The first kappa shape index (κ1) is 24.4. The Bertz CT molecular complexity index is 1310. The van der Waals surface area contributed by atoms with E-state index >= 15 is 4.39 Å². The van der Waals surface area contributed by atoms with Crippen LogP contribution in [0.2, 0.25) is 0 Å². The molecule has 186 valence electrons. The first-order chi connectivity index (χ1) is 17.2. The van der Waals surface area contributed by atoms with Gasteiger partial charge in [0, 0.05) is 30.8 Å². The van der Waals surface area contributed by atoms with Crippen molar-refractivity contribution in [3.05, 3.63) is 64.7 Å². The average molecular weight is 508 g/mol. The molecule has 1 aromatic heterocycles. The van der Waals surface area contributed by atoms with E-state index in [1.165, 1.54) is 48.3 Å². The van der Waals surface area contributed by atoms with Crippen molar-refractivity contribution in [3.63, 3.8) is 0 Å². The number of likely N-dealkylation sites (tertiary alicyclic amines) is 1. The maximum Gasteiger partial charge on any atom is 0.239 e. The number of rotatable bonds is 4. The molecule has 2 N–H and O–H groups in total. The molecule has 1 saturated carbocycles. The van der Waals surface area contributed by atoms with Crippen molar-refractivity contribution in [3.8, 4) is 6.07 Å². The zero-order chi connectivity index (χ0) is 25.7. The van der Waals surface area contributed by atoms with Gasteiger partial charge >= 0.3 is 0 Å². The van der Waals surface area contributed by atoms with E-state index in [4.69, 9.17) is 11.0 Å². The lowest BCUT2D eigenvalue weighted by Gasteiger charge is -2.37. The molecule has 5 rings (SSSR count). The number of amides is 1. The van der Waals surface area contributed by atoms with E-state index in [1.807, 2.05) is 17.9 Å². The molecule has 1 aliphatic carbocycles. The zero-order valence-corrected chi connectivity index (χ0v) is 21.0. The van der Waals surface area contributed by atoms with Crippen molar-refractivity contribution in [1.29, 1.82) is 5.26 Å². The van der Waals surface area contributed by atoms with Crippen LogP contribution >= 0.6 is 11.8 Å². The van der Waals surface area contributed by atoms with Crippen molar-refractivity contribution in [2.75, 3.05) is 13.1 Å². The predicted molar refractivity (Wildman–Crippen MR) is 137 cm³/mol. The van der Waals surface area contributed by atoms with Crippen LogP contribution in [-0.2, 0) is 10.3 Å². The van der Waals surface area contributed by atoms with Crippen molar-refractivity contribution < 1.29 is 13.6 Å². The van der Waals surface area contributed by atoms with E-state index in [0.29, 0.717) is 23.5 Å². The third-order valence-corrected chi connectivity index (χ3v) is 8.91. The Labute approximate surface area is 213 Å². The van der Waals surface area contributed by atoms with E-state index in [-0.39, 0.29) is 28.3 Å². The molecule has 1 saturated heterocycles. The van der Waals surface area contributed by atoms with Gasteiger partial charge in [0.2, 0.25) is 5.91 Å². The molecule has 9 heteroatoms. The summed E-state index contributed by atoms with van der Waals surface area (Å²) < 4.78 is 29.4. The Hall–Kier alpha value is -3.25. The summed E-state index contributed by atoms with van der Waals surface area (Å²) in [6, 6.07) is 9.19. The Morgan fingerprint density at radius 3 is 2.72 bits per heavy atom. The minimum Gasteiger partial charge on any atom is -0.378 e. The molecule has 6 nitrogen and oxygen atoms in total. The van der Waals surface area contributed by atoms with Crippen molar-refractivity contribution in [2.45, 2.75) is 43.4 Å². The number of piperidine rings is 1. The van der Waals surface area contributed by atoms with E-state index < -0.39 is 21.9 Å². The van der Waals surface area contributed by atoms with Crippen LogP contribution in [0.3, 0.4) is 0 Å². The van der Waals surface area contributed by atoms with Gasteiger partial charge in [0.1, 0.15) is 22.5 Å². The van der Waals surface area contributed by atoms with Crippen LogP contribution in [-0.4, -0.2) is 38.8 Å². The molecular formula is C27H27F2N5OS. The largest absolute Gasteiger partial charge is 0.378 e. The number of aromatic nitrogens is 1. The number of fused-ring (bicyclic) bond motifs is 1. The third-order valence-electron chi connectivity index (χ3n) is 7.62. The van der Waals surface area contributed by atoms with Crippen LogP contribution in [0, 0.1) is 29.0 Å².